The van der Waals surface area contributed by atoms with Gasteiger partial charge in [-0.2, -0.15) is 0 Å². The van der Waals surface area contributed by atoms with Crippen molar-refractivity contribution in [3.8, 4) is 0 Å². The molecule has 0 amide bonds. The van der Waals surface area contributed by atoms with Gasteiger partial charge in [-0.05, 0) is 31.2 Å². The third-order valence-electron chi connectivity index (χ3n) is 3.26. The van der Waals surface area contributed by atoms with Gasteiger partial charge in [0.1, 0.15) is 5.76 Å². The van der Waals surface area contributed by atoms with Gasteiger partial charge in [-0.25, -0.2) is 4.79 Å². The number of nitrogen functional groups attached to an aromatic ring is 1. The average Bonchev–Trinajstić information content (AvgIpc) is 2.84. The number of hydrogen-bond acceptors (Lipinski definition) is 5. The van der Waals surface area contributed by atoms with E-state index in [2.05, 4.69) is 0 Å². The maximum Gasteiger partial charge on any atom is 0.340 e. The summed E-state index contributed by atoms with van der Waals surface area (Å²) in [5.74, 6) is 0.456. The van der Waals surface area contributed by atoms with Crippen LogP contribution >= 0.6 is 0 Å². The van der Waals surface area contributed by atoms with Gasteiger partial charge in [-0.1, -0.05) is 0 Å². The number of carbonyl (C=O) groups is 1. The summed E-state index contributed by atoms with van der Waals surface area (Å²) in [5, 5.41) is 0. The molecule has 0 unspecified atom stereocenters. The first-order chi connectivity index (χ1) is 9.52. The van der Waals surface area contributed by atoms with E-state index < -0.39 is 5.97 Å². The van der Waals surface area contributed by atoms with E-state index in [1.807, 2.05) is 31.0 Å². The van der Waals surface area contributed by atoms with Gasteiger partial charge in [0.2, 0.25) is 0 Å². The predicted molar refractivity (Wildman–Crippen MR) is 77.7 cm³/mol. The minimum atomic E-state index is -0.433. The Labute approximate surface area is 117 Å². The first kappa shape index (κ1) is 14.0. The Kier molecular flexibility index (Phi) is 3.98. The molecule has 2 rings (SSSR count). The standard InChI is InChI=1S/C15H18N2O3/c1-10-11(6-7-20-10)9-17(2)12-4-5-14(16)13(8-12)15(18)19-3/h4-8H,9,16H2,1-3H3. The lowest BCUT2D eigenvalue weighted by molar-refractivity contribution is 0.0602. The van der Waals surface area contributed by atoms with Crippen molar-refractivity contribution in [2.75, 3.05) is 24.8 Å². The second-order valence-corrected chi connectivity index (χ2v) is 4.62. The van der Waals surface area contributed by atoms with E-state index in [0.29, 0.717) is 17.8 Å². The summed E-state index contributed by atoms with van der Waals surface area (Å²) in [4.78, 5) is 13.7. The molecule has 0 fully saturated rings. The average molecular weight is 274 g/mol. The molecule has 0 aliphatic rings. The Morgan fingerprint density at radius 2 is 2.15 bits per heavy atom. The molecule has 0 atom stereocenters. The molecule has 0 saturated heterocycles. The molecule has 1 heterocycles. The van der Waals surface area contributed by atoms with Crippen LogP contribution < -0.4 is 10.6 Å². The van der Waals surface area contributed by atoms with Crippen molar-refractivity contribution in [1.29, 1.82) is 0 Å². The fraction of sp³-hybridized carbons (Fsp3) is 0.267. The zero-order valence-electron chi connectivity index (χ0n) is 11.8. The van der Waals surface area contributed by atoms with Gasteiger partial charge in [0.15, 0.2) is 0 Å². The van der Waals surface area contributed by atoms with Gasteiger partial charge in [-0.3, -0.25) is 0 Å². The normalized spacial score (nSPS) is 10.3. The quantitative estimate of drug-likeness (QED) is 0.685. The number of furan rings is 1. The summed E-state index contributed by atoms with van der Waals surface area (Å²) in [6.07, 6.45) is 1.67. The minimum Gasteiger partial charge on any atom is -0.469 e. The summed E-state index contributed by atoms with van der Waals surface area (Å²) in [6.45, 7) is 2.61. The molecular formula is C15H18N2O3. The highest BCUT2D eigenvalue weighted by molar-refractivity contribution is 5.96. The largest absolute Gasteiger partial charge is 0.469 e. The lowest BCUT2D eigenvalue weighted by Gasteiger charge is -2.20. The van der Waals surface area contributed by atoms with Crippen LogP contribution in [0.25, 0.3) is 0 Å². The number of nitrogens with two attached hydrogens (primary N) is 1. The monoisotopic (exact) mass is 274 g/mol. The molecule has 1 aromatic carbocycles. The highest BCUT2D eigenvalue weighted by Crippen LogP contribution is 2.23. The van der Waals surface area contributed by atoms with Crippen LogP contribution in [-0.2, 0) is 11.3 Å². The van der Waals surface area contributed by atoms with E-state index in [0.717, 1.165) is 17.0 Å². The summed E-state index contributed by atoms with van der Waals surface area (Å²) in [7, 11) is 3.28. The number of carbonyl (C=O) groups excluding carboxylic acids is 1. The van der Waals surface area contributed by atoms with Crippen molar-refractivity contribution in [2.45, 2.75) is 13.5 Å². The second-order valence-electron chi connectivity index (χ2n) is 4.62. The number of ether oxygens (including phenoxy) is 1. The number of benzene rings is 1. The van der Waals surface area contributed by atoms with Crippen molar-refractivity contribution in [3.05, 3.63) is 47.4 Å². The van der Waals surface area contributed by atoms with E-state index >= 15 is 0 Å². The Morgan fingerprint density at radius 1 is 1.40 bits per heavy atom. The number of hydrogen-bond donors (Lipinski definition) is 1. The summed E-state index contributed by atoms with van der Waals surface area (Å²) >= 11 is 0. The first-order valence-corrected chi connectivity index (χ1v) is 6.25. The molecule has 0 spiro atoms. The van der Waals surface area contributed by atoms with E-state index in [1.165, 1.54) is 7.11 Å². The van der Waals surface area contributed by atoms with Crippen molar-refractivity contribution in [1.82, 2.24) is 0 Å². The van der Waals surface area contributed by atoms with Gasteiger partial charge in [0, 0.05) is 30.5 Å². The number of nitrogens with zero attached hydrogens (tertiary/aromatic N) is 1. The molecule has 0 radical (unpaired) electrons. The molecule has 0 aliphatic carbocycles. The molecule has 0 saturated carbocycles. The molecule has 0 aliphatic heterocycles. The lowest BCUT2D eigenvalue weighted by Crippen LogP contribution is -2.17. The molecule has 5 heteroatoms. The molecular weight excluding hydrogens is 256 g/mol. The van der Waals surface area contributed by atoms with Crippen LogP contribution in [-0.4, -0.2) is 20.1 Å². The van der Waals surface area contributed by atoms with Gasteiger partial charge in [0.05, 0.1) is 18.9 Å². The molecule has 20 heavy (non-hydrogen) atoms. The fourth-order valence-corrected chi connectivity index (χ4v) is 1.99. The summed E-state index contributed by atoms with van der Waals surface area (Å²) in [5.41, 5.74) is 8.57. The first-order valence-electron chi connectivity index (χ1n) is 6.25. The van der Waals surface area contributed by atoms with E-state index in [4.69, 9.17) is 14.9 Å². The van der Waals surface area contributed by atoms with Crippen LogP contribution in [0.3, 0.4) is 0 Å². The zero-order valence-corrected chi connectivity index (χ0v) is 11.8. The van der Waals surface area contributed by atoms with Crippen molar-refractivity contribution >= 4 is 17.3 Å². The van der Waals surface area contributed by atoms with E-state index in [1.54, 1.807) is 18.4 Å². The number of esters is 1. The molecule has 1 aromatic heterocycles. The Balaban J connectivity index is 2.24. The number of aryl methyl sites for hydroxylation is 1. The maximum absolute atomic E-state index is 11.6. The van der Waals surface area contributed by atoms with Crippen molar-refractivity contribution < 1.29 is 13.9 Å². The second kappa shape index (κ2) is 5.69. The van der Waals surface area contributed by atoms with Gasteiger partial charge >= 0.3 is 5.97 Å². The lowest BCUT2D eigenvalue weighted by atomic mass is 10.1. The minimum absolute atomic E-state index is 0.376. The Bertz CT molecular complexity index is 619. The molecule has 2 N–H and O–H groups in total. The van der Waals surface area contributed by atoms with Crippen molar-refractivity contribution in [3.63, 3.8) is 0 Å². The third kappa shape index (κ3) is 2.77. The predicted octanol–water partition coefficient (Wildman–Crippen LogP) is 2.59. The molecule has 0 bridgehead atoms. The van der Waals surface area contributed by atoms with Gasteiger partial charge in [-0.15, -0.1) is 0 Å². The summed E-state index contributed by atoms with van der Waals surface area (Å²) < 4.78 is 10.0. The highest BCUT2D eigenvalue weighted by Gasteiger charge is 2.13. The molecule has 106 valence electrons. The topological polar surface area (TPSA) is 68.7 Å². The highest BCUT2D eigenvalue weighted by atomic mass is 16.5. The summed E-state index contributed by atoms with van der Waals surface area (Å²) in [6, 6.07) is 7.25. The Morgan fingerprint density at radius 3 is 2.75 bits per heavy atom. The SMILES string of the molecule is COC(=O)c1cc(N(C)Cc2ccoc2C)ccc1N. The Hall–Kier alpha value is -2.43. The van der Waals surface area contributed by atoms with Crippen LogP contribution in [0.5, 0.6) is 0 Å². The number of anilines is 2. The number of rotatable bonds is 4. The molecule has 5 nitrogen and oxygen atoms in total. The fourth-order valence-electron chi connectivity index (χ4n) is 1.99. The van der Waals surface area contributed by atoms with E-state index in [-0.39, 0.29) is 0 Å². The van der Waals surface area contributed by atoms with Crippen molar-refractivity contribution in [2.24, 2.45) is 0 Å². The maximum atomic E-state index is 11.6. The number of methoxy groups -OCH3 is 1. The van der Waals surface area contributed by atoms with Crippen LogP contribution in [0.4, 0.5) is 11.4 Å². The van der Waals surface area contributed by atoms with Crippen LogP contribution in [0.2, 0.25) is 0 Å². The van der Waals surface area contributed by atoms with Crippen LogP contribution in [0.15, 0.2) is 34.9 Å². The van der Waals surface area contributed by atoms with Crippen LogP contribution in [0.1, 0.15) is 21.7 Å². The third-order valence-corrected chi connectivity index (χ3v) is 3.26. The van der Waals surface area contributed by atoms with E-state index in [9.17, 15) is 4.79 Å². The van der Waals surface area contributed by atoms with Crippen LogP contribution in [0, 0.1) is 6.92 Å². The smallest absolute Gasteiger partial charge is 0.340 e. The van der Waals surface area contributed by atoms with Gasteiger partial charge < -0.3 is 19.8 Å². The molecule has 2 aromatic rings. The zero-order chi connectivity index (χ0) is 14.7. The van der Waals surface area contributed by atoms with Gasteiger partial charge in [0.25, 0.3) is 0 Å².